The second kappa shape index (κ2) is 9.24. The van der Waals surface area contributed by atoms with Gasteiger partial charge in [0.15, 0.2) is 11.5 Å². The van der Waals surface area contributed by atoms with Gasteiger partial charge in [-0.05, 0) is 54.8 Å². The molecule has 4 rings (SSSR count). The largest absolute Gasteiger partial charge is 0.493 e. The number of hydrogen-bond donors (Lipinski definition) is 1. The Hall–Kier alpha value is -3.00. The van der Waals surface area contributed by atoms with Crippen LogP contribution in [-0.2, 0) is 12.7 Å². The number of rotatable bonds is 6. The van der Waals surface area contributed by atoms with Crippen LogP contribution in [0.15, 0.2) is 48.7 Å². The fourth-order valence-corrected chi connectivity index (χ4v) is 4.37. The first kappa shape index (κ1) is 22.2. The van der Waals surface area contributed by atoms with E-state index in [0.717, 1.165) is 55.4 Å². The lowest BCUT2D eigenvalue weighted by Crippen LogP contribution is -2.34. The Morgan fingerprint density at radius 1 is 1.09 bits per heavy atom. The van der Waals surface area contributed by atoms with Crippen molar-refractivity contribution in [1.82, 2.24) is 15.1 Å². The van der Waals surface area contributed by atoms with Gasteiger partial charge < -0.3 is 9.47 Å². The molecule has 2 aromatic carbocycles. The third-order valence-corrected chi connectivity index (χ3v) is 5.94. The molecule has 5 nitrogen and oxygen atoms in total. The molecule has 1 N–H and O–H groups in total. The molecule has 1 aromatic heterocycles. The van der Waals surface area contributed by atoms with Crippen LogP contribution in [0.4, 0.5) is 13.2 Å². The smallest absolute Gasteiger partial charge is 0.416 e. The molecule has 2 heterocycles. The molecule has 0 bridgehead atoms. The number of likely N-dealkylation sites (tertiary alicyclic amines) is 1. The summed E-state index contributed by atoms with van der Waals surface area (Å²) in [5.74, 6) is 1.55. The lowest BCUT2D eigenvalue weighted by molar-refractivity contribution is -0.137. The van der Waals surface area contributed by atoms with E-state index in [1.54, 1.807) is 26.5 Å². The van der Waals surface area contributed by atoms with Crippen molar-refractivity contribution < 1.29 is 22.6 Å². The molecule has 1 atom stereocenters. The van der Waals surface area contributed by atoms with E-state index in [-0.39, 0.29) is 5.92 Å². The summed E-state index contributed by atoms with van der Waals surface area (Å²) in [5.41, 5.74) is 2.61. The quantitative estimate of drug-likeness (QED) is 0.545. The third kappa shape index (κ3) is 4.75. The molecular weight excluding hydrogens is 419 g/mol. The first-order chi connectivity index (χ1) is 15.4. The molecule has 1 aliphatic heterocycles. The first-order valence-corrected chi connectivity index (χ1v) is 10.5. The summed E-state index contributed by atoms with van der Waals surface area (Å²) in [6.07, 6.45) is -0.797. The molecule has 8 heteroatoms. The minimum absolute atomic E-state index is 0.163. The summed E-state index contributed by atoms with van der Waals surface area (Å²) in [4.78, 5) is 2.35. The van der Waals surface area contributed by atoms with Crippen molar-refractivity contribution in [3.8, 4) is 22.6 Å². The van der Waals surface area contributed by atoms with Crippen LogP contribution < -0.4 is 9.47 Å². The Morgan fingerprint density at radius 2 is 1.91 bits per heavy atom. The Morgan fingerprint density at radius 3 is 2.66 bits per heavy atom. The number of methoxy groups -OCH3 is 2. The minimum Gasteiger partial charge on any atom is -0.493 e. The minimum atomic E-state index is -4.37. The van der Waals surface area contributed by atoms with Crippen LogP contribution in [0.5, 0.6) is 11.5 Å². The van der Waals surface area contributed by atoms with Gasteiger partial charge in [0.1, 0.15) is 0 Å². The second-order valence-corrected chi connectivity index (χ2v) is 8.04. The molecule has 32 heavy (non-hydrogen) atoms. The Labute approximate surface area is 185 Å². The molecule has 170 valence electrons. The normalized spacial score (nSPS) is 17.3. The number of hydrogen-bond acceptors (Lipinski definition) is 4. The number of halogens is 3. The summed E-state index contributed by atoms with van der Waals surface area (Å²) in [6.45, 7) is 2.50. The number of H-pyrrole nitrogens is 1. The predicted molar refractivity (Wildman–Crippen MR) is 116 cm³/mol. The van der Waals surface area contributed by atoms with Crippen LogP contribution in [0.1, 0.15) is 35.6 Å². The fourth-order valence-electron chi connectivity index (χ4n) is 4.37. The molecule has 1 unspecified atom stereocenters. The zero-order valence-electron chi connectivity index (χ0n) is 18.1. The van der Waals surface area contributed by atoms with Gasteiger partial charge in [-0.3, -0.25) is 10.00 Å². The van der Waals surface area contributed by atoms with Crippen LogP contribution in [-0.4, -0.2) is 42.4 Å². The number of nitrogens with zero attached hydrogens (tertiary/aromatic N) is 2. The molecule has 1 saturated heterocycles. The number of aromatic amines is 1. The van der Waals surface area contributed by atoms with E-state index in [1.807, 2.05) is 18.2 Å². The zero-order chi connectivity index (χ0) is 22.7. The van der Waals surface area contributed by atoms with Crippen LogP contribution in [0, 0.1) is 0 Å². The maximum atomic E-state index is 13.2. The molecule has 3 aromatic rings. The maximum absolute atomic E-state index is 13.2. The number of nitrogens with one attached hydrogen (secondary N) is 1. The van der Waals surface area contributed by atoms with Gasteiger partial charge >= 0.3 is 6.18 Å². The second-order valence-electron chi connectivity index (χ2n) is 8.04. The van der Waals surface area contributed by atoms with Crippen molar-refractivity contribution in [2.24, 2.45) is 0 Å². The van der Waals surface area contributed by atoms with Gasteiger partial charge in [-0.15, -0.1) is 0 Å². The average molecular weight is 445 g/mol. The van der Waals surface area contributed by atoms with Crippen molar-refractivity contribution in [2.45, 2.75) is 31.5 Å². The maximum Gasteiger partial charge on any atom is 0.416 e. The van der Waals surface area contributed by atoms with Crippen LogP contribution in [0.3, 0.4) is 0 Å². The van der Waals surface area contributed by atoms with Crippen LogP contribution >= 0.6 is 0 Å². The molecule has 0 radical (unpaired) electrons. The van der Waals surface area contributed by atoms with E-state index in [9.17, 15) is 13.2 Å². The van der Waals surface area contributed by atoms with Crippen molar-refractivity contribution in [2.75, 3.05) is 27.3 Å². The Kier molecular flexibility index (Phi) is 6.41. The number of benzene rings is 2. The summed E-state index contributed by atoms with van der Waals surface area (Å²) >= 11 is 0. The van der Waals surface area contributed by atoms with Gasteiger partial charge in [-0.1, -0.05) is 18.2 Å². The molecule has 0 amide bonds. The van der Waals surface area contributed by atoms with E-state index >= 15 is 0 Å². The number of ether oxygens (including phenoxy) is 2. The standard InChI is InChI=1S/C24H26F3N3O2/c1-31-21-9-8-16(11-22(21)32-2)14-30-10-4-6-18(15-30)23-20(13-28-29-23)17-5-3-7-19(12-17)24(25,26)27/h3,5,7-9,11-13,18H,4,6,10,14-15H2,1-2H3,(H,28,29). The highest BCUT2D eigenvalue weighted by Crippen LogP contribution is 2.37. The van der Waals surface area contributed by atoms with E-state index < -0.39 is 11.7 Å². The monoisotopic (exact) mass is 445 g/mol. The number of alkyl halides is 3. The van der Waals surface area contributed by atoms with E-state index in [0.29, 0.717) is 17.1 Å². The van der Waals surface area contributed by atoms with E-state index in [1.165, 1.54) is 12.1 Å². The molecule has 0 spiro atoms. The number of piperidine rings is 1. The van der Waals surface area contributed by atoms with Gasteiger partial charge in [0.05, 0.1) is 26.0 Å². The van der Waals surface area contributed by atoms with Crippen LogP contribution in [0.2, 0.25) is 0 Å². The Balaban J connectivity index is 1.52. The van der Waals surface area contributed by atoms with Crippen LogP contribution in [0.25, 0.3) is 11.1 Å². The molecule has 0 aliphatic carbocycles. The van der Waals surface area contributed by atoms with Crippen molar-refractivity contribution >= 4 is 0 Å². The van der Waals surface area contributed by atoms with E-state index in [2.05, 4.69) is 15.1 Å². The summed E-state index contributed by atoms with van der Waals surface area (Å²) < 4.78 is 50.3. The fraction of sp³-hybridized carbons (Fsp3) is 0.375. The summed E-state index contributed by atoms with van der Waals surface area (Å²) in [7, 11) is 3.23. The highest BCUT2D eigenvalue weighted by molar-refractivity contribution is 5.66. The first-order valence-electron chi connectivity index (χ1n) is 10.5. The molecule has 0 saturated carbocycles. The lowest BCUT2D eigenvalue weighted by atomic mass is 9.90. The zero-order valence-corrected chi connectivity index (χ0v) is 18.1. The summed E-state index contributed by atoms with van der Waals surface area (Å²) in [6, 6.07) is 11.3. The topological polar surface area (TPSA) is 50.4 Å². The van der Waals surface area contributed by atoms with Gasteiger partial charge in [-0.2, -0.15) is 18.3 Å². The van der Waals surface area contributed by atoms with Crippen molar-refractivity contribution in [3.05, 3.63) is 65.5 Å². The predicted octanol–water partition coefficient (Wildman–Crippen LogP) is 5.49. The van der Waals surface area contributed by atoms with Crippen molar-refractivity contribution in [1.29, 1.82) is 0 Å². The number of aromatic nitrogens is 2. The van der Waals surface area contributed by atoms with Gasteiger partial charge in [0, 0.05) is 30.3 Å². The van der Waals surface area contributed by atoms with Gasteiger partial charge in [0.25, 0.3) is 0 Å². The molecule has 1 fully saturated rings. The third-order valence-electron chi connectivity index (χ3n) is 5.94. The van der Waals surface area contributed by atoms with Gasteiger partial charge in [-0.25, -0.2) is 0 Å². The lowest BCUT2D eigenvalue weighted by Gasteiger charge is -2.33. The SMILES string of the molecule is COc1ccc(CN2CCCC(c3[nH]ncc3-c3cccc(C(F)(F)F)c3)C2)cc1OC. The van der Waals surface area contributed by atoms with Crippen molar-refractivity contribution in [3.63, 3.8) is 0 Å². The highest BCUT2D eigenvalue weighted by atomic mass is 19.4. The molecule has 1 aliphatic rings. The highest BCUT2D eigenvalue weighted by Gasteiger charge is 2.31. The molecular formula is C24H26F3N3O2. The average Bonchev–Trinajstić information content (AvgIpc) is 3.29. The van der Waals surface area contributed by atoms with E-state index in [4.69, 9.17) is 9.47 Å². The van der Waals surface area contributed by atoms with Gasteiger partial charge in [0.2, 0.25) is 0 Å². The Bertz CT molecular complexity index is 1060. The summed E-state index contributed by atoms with van der Waals surface area (Å²) in [5, 5.41) is 7.22.